The number of hydrogen-bond donors (Lipinski definition) is 2. The van der Waals surface area contributed by atoms with Crippen LogP contribution in [0.2, 0.25) is 0 Å². The van der Waals surface area contributed by atoms with Crippen LogP contribution >= 0.6 is 0 Å². The highest BCUT2D eigenvalue weighted by atomic mass is 16.4. The van der Waals surface area contributed by atoms with E-state index in [2.05, 4.69) is 33.5 Å². The van der Waals surface area contributed by atoms with Gasteiger partial charge < -0.3 is 20.0 Å². The van der Waals surface area contributed by atoms with Crippen LogP contribution in [0.5, 0.6) is 0 Å². The molecule has 178 valence electrons. The highest BCUT2D eigenvalue weighted by Gasteiger charge is 2.25. The van der Waals surface area contributed by atoms with E-state index >= 15 is 0 Å². The van der Waals surface area contributed by atoms with Gasteiger partial charge in [-0.15, -0.1) is 0 Å². The van der Waals surface area contributed by atoms with Gasteiger partial charge in [-0.25, -0.2) is 4.98 Å². The molecule has 7 heteroatoms. The molecule has 0 saturated carbocycles. The average Bonchev–Trinajstić information content (AvgIpc) is 3.52. The van der Waals surface area contributed by atoms with Crippen LogP contribution in [-0.2, 0) is 4.79 Å². The smallest absolute Gasteiger partial charge is 0.274 e. The molecule has 0 spiro atoms. The Hall–Kier alpha value is -3.61. The molecule has 2 aromatic carbocycles. The largest absolute Gasteiger partial charge is 0.441 e. The summed E-state index contributed by atoms with van der Waals surface area (Å²) in [5.74, 6) is 0.163. The number of benzene rings is 2. The summed E-state index contributed by atoms with van der Waals surface area (Å²) in [4.78, 5) is 32.9. The first-order chi connectivity index (χ1) is 16.5. The Morgan fingerprint density at radius 2 is 1.85 bits per heavy atom. The summed E-state index contributed by atoms with van der Waals surface area (Å²) in [6.45, 7) is 5.84. The summed E-state index contributed by atoms with van der Waals surface area (Å²) in [5.41, 5.74) is 2.83. The van der Waals surface area contributed by atoms with Gasteiger partial charge in [-0.2, -0.15) is 0 Å². The molecule has 1 aliphatic rings. The number of aromatic nitrogens is 1. The molecule has 1 atom stereocenters. The lowest BCUT2D eigenvalue weighted by Crippen LogP contribution is -2.44. The van der Waals surface area contributed by atoms with Crippen molar-refractivity contribution in [3.05, 3.63) is 66.1 Å². The van der Waals surface area contributed by atoms with E-state index in [0.717, 1.165) is 42.9 Å². The summed E-state index contributed by atoms with van der Waals surface area (Å²) in [7, 11) is 0. The van der Waals surface area contributed by atoms with E-state index in [1.807, 2.05) is 48.5 Å². The predicted octanol–water partition coefficient (Wildman–Crippen LogP) is 5.18. The SMILES string of the molecule is CCCCC(NC(=O)c1nc(-c2ccccc2)oc1C)C(=O)Nc1cccc(N2CCCC2)c1. The van der Waals surface area contributed by atoms with Gasteiger partial charge in [-0.3, -0.25) is 9.59 Å². The van der Waals surface area contributed by atoms with Gasteiger partial charge in [-0.05, 0) is 56.5 Å². The van der Waals surface area contributed by atoms with Gasteiger partial charge in [0, 0.05) is 30.0 Å². The van der Waals surface area contributed by atoms with Crippen LogP contribution in [0.3, 0.4) is 0 Å². The van der Waals surface area contributed by atoms with E-state index in [1.165, 1.54) is 12.8 Å². The zero-order valence-electron chi connectivity index (χ0n) is 19.8. The molecular weight excluding hydrogens is 428 g/mol. The van der Waals surface area contributed by atoms with E-state index in [4.69, 9.17) is 4.42 Å². The van der Waals surface area contributed by atoms with Gasteiger partial charge in [0.25, 0.3) is 5.91 Å². The summed E-state index contributed by atoms with van der Waals surface area (Å²) in [6, 6.07) is 16.7. The fourth-order valence-electron chi connectivity index (χ4n) is 4.20. The van der Waals surface area contributed by atoms with Crippen LogP contribution in [0.25, 0.3) is 11.5 Å². The maximum atomic E-state index is 13.1. The second kappa shape index (κ2) is 11.0. The molecule has 2 N–H and O–H groups in total. The van der Waals surface area contributed by atoms with Crippen molar-refractivity contribution in [3.63, 3.8) is 0 Å². The Kier molecular flexibility index (Phi) is 7.62. The number of amides is 2. The molecule has 4 rings (SSSR count). The van der Waals surface area contributed by atoms with Gasteiger partial charge in [-0.1, -0.05) is 44.0 Å². The van der Waals surface area contributed by atoms with Crippen LogP contribution in [0.1, 0.15) is 55.3 Å². The van der Waals surface area contributed by atoms with Crippen LogP contribution in [-0.4, -0.2) is 35.9 Å². The van der Waals surface area contributed by atoms with Crippen LogP contribution < -0.4 is 15.5 Å². The highest BCUT2D eigenvalue weighted by Crippen LogP contribution is 2.24. The van der Waals surface area contributed by atoms with Crippen molar-refractivity contribution in [1.29, 1.82) is 0 Å². The molecule has 3 aromatic rings. The standard InChI is InChI=1S/C27H32N4O3/c1-3-4-15-23(25(32)28-21-13-10-14-22(18-21)31-16-8-9-17-31)29-26(33)24-19(2)34-27(30-24)20-11-6-5-7-12-20/h5-7,10-14,18,23H,3-4,8-9,15-17H2,1-2H3,(H,28,32)(H,29,33). The van der Waals surface area contributed by atoms with Crippen molar-refractivity contribution >= 4 is 23.2 Å². The topological polar surface area (TPSA) is 87.5 Å². The minimum Gasteiger partial charge on any atom is -0.441 e. The molecule has 1 fully saturated rings. The van der Waals surface area contributed by atoms with Crippen molar-refractivity contribution in [2.45, 2.75) is 52.0 Å². The van der Waals surface area contributed by atoms with Gasteiger partial charge in [0.1, 0.15) is 11.8 Å². The summed E-state index contributed by atoms with van der Waals surface area (Å²) in [5, 5.41) is 5.87. The number of anilines is 2. The Bertz CT molecular complexity index is 1120. The summed E-state index contributed by atoms with van der Waals surface area (Å²) >= 11 is 0. The van der Waals surface area contributed by atoms with Gasteiger partial charge in [0.05, 0.1) is 0 Å². The molecule has 34 heavy (non-hydrogen) atoms. The quantitative estimate of drug-likeness (QED) is 0.460. The molecule has 1 aliphatic heterocycles. The number of carbonyl (C=O) groups excluding carboxylic acids is 2. The van der Waals surface area contributed by atoms with Crippen molar-refractivity contribution in [2.75, 3.05) is 23.3 Å². The lowest BCUT2D eigenvalue weighted by molar-refractivity contribution is -0.118. The van der Waals surface area contributed by atoms with E-state index in [1.54, 1.807) is 6.92 Å². The number of nitrogens with one attached hydrogen (secondary N) is 2. The number of aryl methyl sites for hydroxylation is 1. The minimum absolute atomic E-state index is 0.198. The fraction of sp³-hybridized carbons (Fsp3) is 0.370. The Labute approximate surface area is 200 Å². The maximum Gasteiger partial charge on any atom is 0.274 e. The molecule has 1 saturated heterocycles. The lowest BCUT2D eigenvalue weighted by atomic mass is 10.1. The van der Waals surface area contributed by atoms with Gasteiger partial charge in [0.2, 0.25) is 11.8 Å². The molecule has 7 nitrogen and oxygen atoms in total. The van der Waals surface area contributed by atoms with Crippen LogP contribution in [0.15, 0.2) is 59.0 Å². The zero-order valence-corrected chi connectivity index (χ0v) is 19.8. The Morgan fingerprint density at radius 1 is 1.09 bits per heavy atom. The van der Waals surface area contributed by atoms with E-state index < -0.39 is 11.9 Å². The average molecular weight is 461 g/mol. The van der Waals surface area contributed by atoms with Crippen molar-refractivity contribution in [1.82, 2.24) is 10.3 Å². The van der Waals surface area contributed by atoms with Crippen molar-refractivity contribution < 1.29 is 14.0 Å². The number of unbranched alkanes of at least 4 members (excludes halogenated alkanes) is 1. The van der Waals surface area contributed by atoms with Crippen LogP contribution in [0.4, 0.5) is 11.4 Å². The first-order valence-corrected chi connectivity index (χ1v) is 12.0. The maximum absolute atomic E-state index is 13.1. The monoisotopic (exact) mass is 460 g/mol. The summed E-state index contributed by atoms with van der Waals surface area (Å²) in [6.07, 6.45) is 4.66. The van der Waals surface area contributed by atoms with Crippen LogP contribution in [0, 0.1) is 6.92 Å². The third kappa shape index (κ3) is 5.65. The molecule has 2 amide bonds. The minimum atomic E-state index is -0.667. The first-order valence-electron chi connectivity index (χ1n) is 12.0. The van der Waals surface area contributed by atoms with Gasteiger partial charge >= 0.3 is 0 Å². The molecule has 0 radical (unpaired) electrons. The molecule has 1 unspecified atom stereocenters. The summed E-state index contributed by atoms with van der Waals surface area (Å²) < 4.78 is 5.73. The molecule has 0 aliphatic carbocycles. The predicted molar refractivity (Wildman–Crippen MR) is 134 cm³/mol. The number of hydrogen-bond acceptors (Lipinski definition) is 5. The lowest BCUT2D eigenvalue weighted by Gasteiger charge is -2.20. The number of rotatable bonds is 9. The van der Waals surface area contributed by atoms with Gasteiger partial charge in [0.15, 0.2) is 5.69 Å². The van der Waals surface area contributed by atoms with Crippen molar-refractivity contribution in [2.24, 2.45) is 0 Å². The first kappa shape index (κ1) is 23.5. The number of oxazole rings is 1. The van der Waals surface area contributed by atoms with E-state index in [-0.39, 0.29) is 11.6 Å². The third-order valence-corrected chi connectivity index (χ3v) is 6.09. The number of nitrogens with zero attached hydrogens (tertiary/aromatic N) is 2. The van der Waals surface area contributed by atoms with Crippen molar-refractivity contribution in [3.8, 4) is 11.5 Å². The molecule has 2 heterocycles. The zero-order chi connectivity index (χ0) is 23.9. The molecule has 1 aromatic heterocycles. The second-order valence-electron chi connectivity index (χ2n) is 8.69. The fourth-order valence-corrected chi connectivity index (χ4v) is 4.20. The number of carbonyl (C=O) groups is 2. The van der Waals surface area contributed by atoms with E-state index in [9.17, 15) is 9.59 Å². The van der Waals surface area contributed by atoms with E-state index in [0.29, 0.717) is 18.1 Å². The third-order valence-electron chi connectivity index (χ3n) is 6.09. The molecular formula is C27H32N4O3. The highest BCUT2D eigenvalue weighted by molar-refractivity contribution is 6.01. The molecule has 0 bridgehead atoms. The Balaban J connectivity index is 1.46. The second-order valence-corrected chi connectivity index (χ2v) is 8.69. The normalized spacial score (nSPS) is 14.1. The Morgan fingerprint density at radius 3 is 2.59 bits per heavy atom.